The molecule has 17 heavy (non-hydrogen) atoms. The van der Waals surface area contributed by atoms with Crippen molar-refractivity contribution in [3.63, 3.8) is 0 Å². The predicted octanol–water partition coefficient (Wildman–Crippen LogP) is 2.12. The van der Waals surface area contributed by atoms with E-state index in [9.17, 15) is 4.79 Å². The van der Waals surface area contributed by atoms with Gasteiger partial charge in [-0.25, -0.2) is 0 Å². The number of piperazine rings is 1. The monoisotopic (exact) mass is 238 g/mol. The molecule has 2 fully saturated rings. The quantitative estimate of drug-likeness (QED) is 0.645. The average molecular weight is 238 g/mol. The summed E-state index contributed by atoms with van der Waals surface area (Å²) in [5.41, 5.74) is -0.00662. The Morgan fingerprint density at radius 1 is 1.00 bits per heavy atom. The Morgan fingerprint density at radius 2 is 1.59 bits per heavy atom. The standard InChI is InChI=1S/C14H26N2O/c1-13(2,3)12(17)15-8-11-7-10(15)9-16(11)14(4,5)6/h10-11H,7-9H2,1-6H3. The van der Waals surface area contributed by atoms with Crippen LogP contribution in [0.2, 0.25) is 0 Å². The third-order valence-electron chi connectivity index (χ3n) is 4.00. The van der Waals surface area contributed by atoms with Crippen molar-refractivity contribution in [1.29, 1.82) is 0 Å². The second kappa shape index (κ2) is 3.71. The van der Waals surface area contributed by atoms with E-state index in [0.29, 0.717) is 18.0 Å². The summed E-state index contributed by atoms with van der Waals surface area (Å²) in [7, 11) is 0. The topological polar surface area (TPSA) is 23.6 Å². The molecular weight excluding hydrogens is 212 g/mol. The maximum absolute atomic E-state index is 12.3. The first-order valence-electron chi connectivity index (χ1n) is 6.68. The van der Waals surface area contributed by atoms with Crippen LogP contribution < -0.4 is 0 Å². The van der Waals surface area contributed by atoms with Gasteiger partial charge in [0.15, 0.2) is 0 Å². The Bertz CT molecular complexity index is 324. The molecule has 0 aliphatic carbocycles. The second-order valence-electron chi connectivity index (χ2n) is 7.57. The number of amides is 1. The van der Waals surface area contributed by atoms with Gasteiger partial charge in [0.2, 0.25) is 5.91 Å². The molecule has 0 radical (unpaired) electrons. The SMILES string of the molecule is CC(C)(C)C(=O)N1CC2CC1CN2C(C)(C)C. The van der Waals surface area contributed by atoms with Crippen molar-refractivity contribution in [1.82, 2.24) is 9.80 Å². The first-order chi connectivity index (χ1) is 7.60. The molecule has 2 saturated heterocycles. The normalized spacial score (nSPS) is 30.1. The molecule has 3 nitrogen and oxygen atoms in total. The lowest BCUT2D eigenvalue weighted by molar-refractivity contribution is -0.142. The summed E-state index contributed by atoms with van der Waals surface area (Å²) in [5.74, 6) is 0.318. The van der Waals surface area contributed by atoms with Gasteiger partial charge in [-0.3, -0.25) is 9.69 Å². The third-order valence-corrected chi connectivity index (χ3v) is 4.00. The Kier molecular flexibility index (Phi) is 2.81. The summed E-state index contributed by atoms with van der Waals surface area (Å²) in [6.45, 7) is 14.8. The van der Waals surface area contributed by atoms with Gasteiger partial charge in [-0.1, -0.05) is 20.8 Å². The van der Waals surface area contributed by atoms with Crippen molar-refractivity contribution in [3.8, 4) is 0 Å². The molecule has 2 heterocycles. The van der Waals surface area contributed by atoms with Gasteiger partial charge in [0.05, 0.1) is 0 Å². The van der Waals surface area contributed by atoms with Crippen molar-refractivity contribution in [2.45, 2.75) is 65.6 Å². The summed E-state index contributed by atoms with van der Waals surface area (Å²) in [6, 6.07) is 1.03. The minimum Gasteiger partial charge on any atom is -0.336 e. The number of rotatable bonds is 0. The minimum atomic E-state index is -0.239. The summed E-state index contributed by atoms with van der Waals surface area (Å²) < 4.78 is 0. The van der Waals surface area contributed by atoms with Crippen LogP contribution >= 0.6 is 0 Å². The number of nitrogens with zero attached hydrogens (tertiary/aromatic N) is 2. The molecule has 0 spiro atoms. The fraction of sp³-hybridized carbons (Fsp3) is 0.929. The molecule has 2 aliphatic rings. The predicted molar refractivity (Wildman–Crippen MR) is 69.8 cm³/mol. The fourth-order valence-electron chi connectivity index (χ4n) is 3.17. The molecule has 3 heteroatoms. The van der Waals surface area contributed by atoms with Crippen molar-refractivity contribution in [3.05, 3.63) is 0 Å². The summed E-state index contributed by atoms with van der Waals surface area (Å²) in [5, 5.41) is 0. The van der Waals surface area contributed by atoms with Crippen LogP contribution in [0, 0.1) is 5.41 Å². The zero-order valence-corrected chi connectivity index (χ0v) is 12.1. The number of hydrogen-bond donors (Lipinski definition) is 0. The second-order valence-corrected chi connectivity index (χ2v) is 7.57. The highest BCUT2D eigenvalue weighted by Gasteiger charge is 2.49. The smallest absolute Gasteiger partial charge is 0.228 e. The molecule has 2 aliphatic heterocycles. The van der Waals surface area contributed by atoms with E-state index in [4.69, 9.17) is 0 Å². The van der Waals surface area contributed by atoms with Crippen LogP contribution in [-0.4, -0.2) is 46.4 Å². The maximum Gasteiger partial charge on any atom is 0.228 e. The van der Waals surface area contributed by atoms with Gasteiger partial charge >= 0.3 is 0 Å². The van der Waals surface area contributed by atoms with E-state index in [-0.39, 0.29) is 11.0 Å². The lowest BCUT2D eigenvalue weighted by Gasteiger charge is -2.43. The molecule has 2 unspecified atom stereocenters. The van der Waals surface area contributed by atoms with Gasteiger partial charge < -0.3 is 4.90 Å². The van der Waals surface area contributed by atoms with Gasteiger partial charge in [-0.05, 0) is 27.2 Å². The Hall–Kier alpha value is -0.570. The van der Waals surface area contributed by atoms with Crippen LogP contribution in [0.3, 0.4) is 0 Å². The van der Waals surface area contributed by atoms with Crippen LogP contribution in [-0.2, 0) is 4.79 Å². The average Bonchev–Trinajstić information content (AvgIpc) is 2.71. The van der Waals surface area contributed by atoms with E-state index in [1.807, 2.05) is 20.8 Å². The molecule has 2 atom stereocenters. The number of hydrogen-bond acceptors (Lipinski definition) is 2. The highest BCUT2D eigenvalue weighted by molar-refractivity contribution is 5.82. The van der Waals surface area contributed by atoms with Crippen molar-refractivity contribution in [2.75, 3.05) is 13.1 Å². The lowest BCUT2D eigenvalue weighted by atomic mass is 9.94. The van der Waals surface area contributed by atoms with E-state index in [1.54, 1.807) is 0 Å². The summed E-state index contributed by atoms with van der Waals surface area (Å²) in [6.07, 6.45) is 1.17. The van der Waals surface area contributed by atoms with Crippen molar-refractivity contribution in [2.24, 2.45) is 5.41 Å². The van der Waals surface area contributed by atoms with Gasteiger partial charge in [-0.2, -0.15) is 0 Å². The van der Waals surface area contributed by atoms with Gasteiger partial charge in [0, 0.05) is 36.1 Å². The first-order valence-corrected chi connectivity index (χ1v) is 6.68. The maximum atomic E-state index is 12.3. The van der Waals surface area contributed by atoms with Gasteiger partial charge in [-0.15, -0.1) is 0 Å². The molecule has 2 bridgehead atoms. The molecule has 0 aromatic carbocycles. The van der Waals surface area contributed by atoms with E-state index in [2.05, 4.69) is 30.6 Å². The molecule has 0 saturated carbocycles. The Balaban J connectivity index is 2.06. The number of fused-ring (bicyclic) bond motifs is 2. The molecular formula is C14H26N2O. The highest BCUT2D eigenvalue weighted by atomic mass is 16.2. The van der Waals surface area contributed by atoms with Gasteiger partial charge in [0.25, 0.3) is 0 Å². The number of carbonyl (C=O) groups excluding carboxylic acids is 1. The van der Waals surface area contributed by atoms with Crippen LogP contribution in [0.25, 0.3) is 0 Å². The molecule has 1 amide bonds. The zero-order chi connectivity index (χ0) is 13.0. The minimum absolute atomic E-state index is 0.232. The number of carbonyl (C=O) groups is 1. The fourth-order valence-corrected chi connectivity index (χ4v) is 3.17. The van der Waals surface area contributed by atoms with Crippen molar-refractivity contribution < 1.29 is 4.79 Å². The Labute approximate surface area is 105 Å². The molecule has 0 aromatic rings. The first kappa shape index (κ1) is 12.9. The zero-order valence-electron chi connectivity index (χ0n) is 12.1. The van der Waals surface area contributed by atoms with E-state index in [1.165, 1.54) is 6.42 Å². The van der Waals surface area contributed by atoms with E-state index in [0.717, 1.165) is 13.1 Å². The largest absolute Gasteiger partial charge is 0.336 e. The lowest BCUT2D eigenvalue weighted by Crippen LogP contribution is -2.56. The molecule has 0 N–H and O–H groups in total. The molecule has 2 rings (SSSR count). The third kappa shape index (κ3) is 2.22. The Morgan fingerprint density at radius 3 is 1.94 bits per heavy atom. The molecule has 98 valence electrons. The number of likely N-dealkylation sites (tertiary alicyclic amines) is 2. The van der Waals surface area contributed by atoms with Crippen LogP contribution in [0.1, 0.15) is 48.0 Å². The van der Waals surface area contributed by atoms with E-state index < -0.39 is 0 Å². The van der Waals surface area contributed by atoms with Crippen LogP contribution in [0.4, 0.5) is 0 Å². The molecule has 0 aromatic heterocycles. The van der Waals surface area contributed by atoms with E-state index >= 15 is 0 Å². The van der Waals surface area contributed by atoms with Crippen molar-refractivity contribution >= 4 is 5.91 Å². The van der Waals surface area contributed by atoms with Crippen LogP contribution in [0.5, 0.6) is 0 Å². The van der Waals surface area contributed by atoms with Crippen LogP contribution in [0.15, 0.2) is 0 Å². The summed E-state index contributed by atoms with van der Waals surface area (Å²) in [4.78, 5) is 17.0. The summed E-state index contributed by atoms with van der Waals surface area (Å²) >= 11 is 0. The van der Waals surface area contributed by atoms with Gasteiger partial charge in [0.1, 0.15) is 0 Å². The highest BCUT2D eigenvalue weighted by Crippen LogP contribution is 2.37.